The van der Waals surface area contributed by atoms with Gasteiger partial charge < -0.3 is 10.1 Å². The molecule has 1 aromatic heterocycles. The van der Waals surface area contributed by atoms with Gasteiger partial charge in [0.15, 0.2) is 0 Å². The SMILES string of the molecule is CCNCc1ccn(CCCCOC)n1. The van der Waals surface area contributed by atoms with Gasteiger partial charge in [-0.2, -0.15) is 5.10 Å². The van der Waals surface area contributed by atoms with Gasteiger partial charge in [0, 0.05) is 33.0 Å². The van der Waals surface area contributed by atoms with Crippen molar-refractivity contribution in [2.75, 3.05) is 20.3 Å². The average molecular weight is 211 g/mol. The number of nitrogens with one attached hydrogen (secondary N) is 1. The second-order valence-electron chi connectivity index (χ2n) is 3.55. The van der Waals surface area contributed by atoms with E-state index in [1.165, 1.54) is 0 Å². The Kier molecular flexibility index (Phi) is 6.04. The highest BCUT2D eigenvalue weighted by Gasteiger charge is 1.97. The fourth-order valence-corrected chi connectivity index (χ4v) is 1.40. The maximum Gasteiger partial charge on any atom is 0.0762 e. The number of aryl methyl sites for hydroxylation is 1. The van der Waals surface area contributed by atoms with E-state index in [-0.39, 0.29) is 0 Å². The number of hydrogen-bond donors (Lipinski definition) is 1. The third kappa shape index (κ3) is 4.95. The number of rotatable bonds is 8. The molecule has 0 bridgehead atoms. The lowest BCUT2D eigenvalue weighted by Gasteiger charge is -2.01. The maximum atomic E-state index is 5.00. The minimum atomic E-state index is 0.839. The summed E-state index contributed by atoms with van der Waals surface area (Å²) in [6.07, 6.45) is 4.26. The molecular weight excluding hydrogens is 190 g/mol. The van der Waals surface area contributed by atoms with Crippen molar-refractivity contribution in [2.24, 2.45) is 0 Å². The molecule has 0 spiro atoms. The van der Waals surface area contributed by atoms with Gasteiger partial charge in [-0.1, -0.05) is 6.92 Å². The molecule has 1 N–H and O–H groups in total. The maximum absolute atomic E-state index is 5.00. The first-order valence-electron chi connectivity index (χ1n) is 5.58. The highest BCUT2D eigenvalue weighted by molar-refractivity contribution is 4.98. The van der Waals surface area contributed by atoms with E-state index in [2.05, 4.69) is 23.4 Å². The van der Waals surface area contributed by atoms with Crippen LogP contribution in [0.25, 0.3) is 0 Å². The Labute approximate surface area is 91.6 Å². The number of methoxy groups -OCH3 is 1. The standard InChI is InChI=1S/C11H21N3O/c1-3-12-10-11-6-8-14(13-11)7-4-5-9-15-2/h6,8,12H,3-5,7,9-10H2,1-2H3. The van der Waals surface area contributed by atoms with E-state index >= 15 is 0 Å². The van der Waals surface area contributed by atoms with Crippen LogP contribution >= 0.6 is 0 Å². The highest BCUT2D eigenvalue weighted by Crippen LogP contribution is 1.98. The number of unbranched alkanes of at least 4 members (excludes halogenated alkanes) is 1. The van der Waals surface area contributed by atoms with Crippen LogP contribution in [-0.4, -0.2) is 30.0 Å². The van der Waals surface area contributed by atoms with E-state index in [9.17, 15) is 0 Å². The summed E-state index contributed by atoms with van der Waals surface area (Å²) in [5, 5.41) is 7.72. The molecule has 0 fully saturated rings. The number of nitrogens with zero attached hydrogens (tertiary/aromatic N) is 2. The van der Waals surface area contributed by atoms with Crippen LogP contribution in [-0.2, 0) is 17.8 Å². The lowest BCUT2D eigenvalue weighted by atomic mass is 10.3. The van der Waals surface area contributed by atoms with Gasteiger partial charge in [0.05, 0.1) is 5.69 Å². The van der Waals surface area contributed by atoms with Crippen molar-refractivity contribution in [1.82, 2.24) is 15.1 Å². The topological polar surface area (TPSA) is 39.1 Å². The summed E-state index contributed by atoms with van der Waals surface area (Å²) >= 11 is 0. The van der Waals surface area contributed by atoms with E-state index in [0.717, 1.165) is 44.8 Å². The molecule has 0 aromatic carbocycles. The first-order chi connectivity index (χ1) is 7.36. The van der Waals surface area contributed by atoms with Crippen molar-refractivity contribution < 1.29 is 4.74 Å². The molecule has 15 heavy (non-hydrogen) atoms. The summed E-state index contributed by atoms with van der Waals surface area (Å²) in [7, 11) is 1.74. The van der Waals surface area contributed by atoms with Crippen molar-refractivity contribution in [3.8, 4) is 0 Å². The van der Waals surface area contributed by atoms with Crippen LogP contribution in [0.4, 0.5) is 0 Å². The summed E-state index contributed by atoms with van der Waals surface area (Å²) in [4.78, 5) is 0. The molecule has 4 heteroatoms. The van der Waals surface area contributed by atoms with E-state index in [0.29, 0.717) is 0 Å². The second-order valence-corrected chi connectivity index (χ2v) is 3.55. The van der Waals surface area contributed by atoms with Crippen LogP contribution < -0.4 is 5.32 Å². The van der Waals surface area contributed by atoms with Crippen LogP contribution in [0.2, 0.25) is 0 Å². The van der Waals surface area contributed by atoms with Crippen LogP contribution in [0.15, 0.2) is 12.3 Å². The van der Waals surface area contributed by atoms with Gasteiger partial charge in [-0.05, 0) is 25.5 Å². The zero-order valence-electron chi connectivity index (χ0n) is 9.70. The normalized spacial score (nSPS) is 10.8. The largest absolute Gasteiger partial charge is 0.385 e. The van der Waals surface area contributed by atoms with Gasteiger partial charge in [-0.15, -0.1) is 0 Å². The summed E-state index contributed by atoms with van der Waals surface area (Å²) in [6.45, 7) is 5.77. The van der Waals surface area contributed by atoms with Crippen molar-refractivity contribution in [2.45, 2.75) is 32.9 Å². The zero-order chi connectivity index (χ0) is 10.9. The van der Waals surface area contributed by atoms with Crippen molar-refractivity contribution in [3.05, 3.63) is 18.0 Å². The van der Waals surface area contributed by atoms with E-state index in [1.807, 2.05) is 10.9 Å². The fraction of sp³-hybridized carbons (Fsp3) is 0.727. The quantitative estimate of drug-likeness (QED) is 0.661. The zero-order valence-corrected chi connectivity index (χ0v) is 9.70. The molecule has 0 aliphatic rings. The molecule has 86 valence electrons. The van der Waals surface area contributed by atoms with E-state index in [1.54, 1.807) is 7.11 Å². The highest BCUT2D eigenvalue weighted by atomic mass is 16.5. The number of aromatic nitrogens is 2. The Morgan fingerprint density at radius 3 is 3.07 bits per heavy atom. The van der Waals surface area contributed by atoms with E-state index in [4.69, 9.17) is 4.74 Å². The Balaban J connectivity index is 2.20. The Hall–Kier alpha value is -0.870. The summed E-state index contributed by atoms with van der Waals surface area (Å²) in [5.74, 6) is 0. The molecule has 0 atom stereocenters. The first kappa shape index (κ1) is 12.2. The summed E-state index contributed by atoms with van der Waals surface area (Å²) in [5.41, 5.74) is 1.11. The molecule has 0 aliphatic heterocycles. The van der Waals surface area contributed by atoms with Crippen LogP contribution in [0.5, 0.6) is 0 Å². The molecule has 4 nitrogen and oxygen atoms in total. The first-order valence-corrected chi connectivity index (χ1v) is 5.58. The van der Waals surface area contributed by atoms with Gasteiger partial charge in [0.1, 0.15) is 0 Å². The van der Waals surface area contributed by atoms with Crippen LogP contribution in [0, 0.1) is 0 Å². The molecule has 0 amide bonds. The lowest BCUT2D eigenvalue weighted by molar-refractivity contribution is 0.191. The van der Waals surface area contributed by atoms with Crippen LogP contribution in [0.3, 0.4) is 0 Å². The lowest BCUT2D eigenvalue weighted by Crippen LogP contribution is -2.12. The monoisotopic (exact) mass is 211 g/mol. The molecule has 0 aliphatic carbocycles. The molecule has 1 rings (SSSR count). The Bertz CT molecular complexity index is 260. The fourth-order valence-electron chi connectivity index (χ4n) is 1.40. The number of hydrogen-bond acceptors (Lipinski definition) is 3. The molecule has 1 aromatic rings. The predicted octanol–water partition coefficient (Wildman–Crippen LogP) is 1.42. The molecule has 0 saturated heterocycles. The third-order valence-electron chi connectivity index (χ3n) is 2.24. The Morgan fingerprint density at radius 1 is 1.47 bits per heavy atom. The van der Waals surface area contributed by atoms with Crippen molar-refractivity contribution in [1.29, 1.82) is 0 Å². The minimum Gasteiger partial charge on any atom is -0.385 e. The van der Waals surface area contributed by atoms with Gasteiger partial charge >= 0.3 is 0 Å². The van der Waals surface area contributed by atoms with Gasteiger partial charge in [-0.3, -0.25) is 4.68 Å². The molecular formula is C11H21N3O. The smallest absolute Gasteiger partial charge is 0.0762 e. The summed E-state index contributed by atoms with van der Waals surface area (Å²) < 4.78 is 7.00. The second kappa shape index (κ2) is 7.43. The number of ether oxygens (including phenoxy) is 1. The van der Waals surface area contributed by atoms with E-state index < -0.39 is 0 Å². The molecule has 0 saturated carbocycles. The van der Waals surface area contributed by atoms with Gasteiger partial charge in [-0.25, -0.2) is 0 Å². The van der Waals surface area contributed by atoms with Gasteiger partial charge in [0.25, 0.3) is 0 Å². The average Bonchev–Trinajstić information content (AvgIpc) is 2.69. The molecule has 0 radical (unpaired) electrons. The van der Waals surface area contributed by atoms with Crippen LogP contribution in [0.1, 0.15) is 25.5 Å². The summed E-state index contributed by atoms with van der Waals surface area (Å²) in [6, 6.07) is 2.07. The Morgan fingerprint density at radius 2 is 2.33 bits per heavy atom. The third-order valence-corrected chi connectivity index (χ3v) is 2.24. The van der Waals surface area contributed by atoms with Crippen molar-refractivity contribution >= 4 is 0 Å². The van der Waals surface area contributed by atoms with Gasteiger partial charge in [0.2, 0.25) is 0 Å². The minimum absolute atomic E-state index is 0.839. The van der Waals surface area contributed by atoms with Crippen molar-refractivity contribution in [3.63, 3.8) is 0 Å². The predicted molar refractivity (Wildman–Crippen MR) is 60.7 cm³/mol. The molecule has 1 heterocycles. The molecule has 0 unspecified atom stereocenters.